The van der Waals surface area contributed by atoms with Gasteiger partial charge < -0.3 is 45.6 Å². The molecule has 3 fully saturated rings. The van der Waals surface area contributed by atoms with Crippen LogP contribution in [0.5, 0.6) is 11.5 Å². The lowest BCUT2D eigenvalue weighted by molar-refractivity contribution is -0.156. The molecule has 5 N–H and O–H groups in total. The van der Waals surface area contributed by atoms with Crippen LogP contribution in [-0.4, -0.2) is 163 Å². The fourth-order valence-corrected chi connectivity index (χ4v) is 10.2. The van der Waals surface area contributed by atoms with Crippen LogP contribution in [0.15, 0.2) is 116 Å². The minimum Gasteiger partial charge on any atom is -0.504 e. The number of hydrogen-bond donors (Lipinski definition) is 5. The van der Waals surface area contributed by atoms with Gasteiger partial charge in [0.25, 0.3) is 0 Å². The molecule has 2 saturated heterocycles. The number of carbonyl (C=O) groups is 3. The van der Waals surface area contributed by atoms with E-state index >= 15 is 0 Å². The highest BCUT2D eigenvalue weighted by Crippen LogP contribution is 2.47. The van der Waals surface area contributed by atoms with Crippen molar-refractivity contribution in [3.05, 3.63) is 155 Å². The summed E-state index contributed by atoms with van der Waals surface area (Å²) in [4.78, 5) is 79.7. The van der Waals surface area contributed by atoms with Crippen LogP contribution in [0.4, 0.5) is 35.3 Å². The highest BCUT2D eigenvalue weighted by Gasteiger charge is 2.45. The first kappa shape index (κ1) is 65.0. The second-order valence-corrected chi connectivity index (χ2v) is 22.2. The number of nitrogens with one attached hydrogen (secondary N) is 3. The molecule has 1 saturated carbocycles. The van der Waals surface area contributed by atoms with Crippen LogP contribution < -0.4 is 30.5 Å². The van der Waals surface area contributed by atoms with E-state index in [0.717, 1.165) is 125 Å². The van der Waals surface area contributed by atoms with Crippen LogP contribution >= 0.6 is 11.6 Å². The second-order valence-electron chi connectivity index (χ2n) is 21.8. The van der Waals surface area contributed by atoms with Crippen molar-refractivity contribution in [2.45, 2.75) is 85.6 Å². The van der Waals surface area contributed by atoms with E-state index < -0.39 is 5.97 Å². The van der Waals surface area contributed by atoms with Gasteiger partial charge in [-0.2, -0.15) is 4.98 Å². The molecule has 456 valence electrons. The van der Waals surface area contributed by atoms with Crippen molar-refractivity contribution >= 4 is 64.7 Å². The molecule has 7 aromatic rings. The molecule has 0 bridgehead atoms. The molecule has 0 unspecified atom stereocenters. The first-order chi connectivity index (χ1) is 41.5. The Balaban J connectivity index is 0.000000165. The molecule has 10 rings (SSSR count). The molecule has 3 aromatic carbocycles. The number of likely N-dealkylation sites (N-methyl/N-ethyl adjacent to an activating group) is 1. The zero-order valence-electron chi connectivity index (χ0n) is 50.4. The standard InChI is InChI=1S/C18H25N5O2.C16H22N4O.C15H19N3O.C14H15ClN4O2/c24-15-12-18(4-1-2-5-18)13-16(25)23(15)14-21-8-10-22(11-9-21)17-19-6-3-7-20-17;1-19(2)11-12-20(16-17-9-4-10-18-16)13-14-5-7-15(21-3)8-6-14;1-11-14(19)12(2)18-15(17-11)16-10-6-9-13-7-4-3-5-8-13;1-8-4-3-5-10(9(8)2)17-12-6-11(15)18-14(19-12)16-7-13(20)21/h3,6-7H,1-2,4-5,8-14H2;4-10H,11-13H2,1-3H3;3-5,7-8,19H,6,9-10H2,1-2H3,(H,16,17,18);3-6H,7H2,1-2H3,(H,20,21)(H2,16,17,18,19). The van der Waals surface area contributed by atoms with Crippen LogP contribution in [0.1, 0.15) is 78.6 Å². The number of carbonyl (C=O) groups excluding carboxylic acids is 2. The van der Waals surface area contributed by atoms with Crippen LogP contribution in [0, 0.1) is 33.1 Å². The molecule has 0 radical (unpaired) electrons. The number of likely N-dealkylation sites (tertiary alicyclic amines) is 1. The summed E-state index contributed by atoms with van der Waals surface area (Å²) >= 11 is 5.92. The highest BCUT2D eigenvalue weighted by atomic mass is 35.5. The van der Waals surface area contributed by atoms with Gasteiger partial charge in [-0.15, -0.1) is 0 Å². The third kappa shape index (κ3) is 20.3. The normalized spacial score (nSPS) is 14.5. The molecule has 22 nitrogen and oxygen atoms in total. The molecule has 0 atom stereocenters. The summed E-state index contributed by atoms with van der Waals surface area (Å²) in [5.74, 6) is 2.84. The number of nitrogens with zero attached hydrogens (tertiary/aromatic N) is 13. The number of carboxylic acid groups (broad SMARTS) is 1. The molecule has 23 heteroatoms. The molecule has 3 aliphatic rings. The minimum atomic E-state index is -0.998. The van der Waals surface area contributed by atoms with Crippen molar-refractivity contribution in [1.82, 2.24) is 54.6 Å². The summed E-state index contributed by atoms with van der Waals surface area (Å²) in [5.41, 5.74) is 6.92. The summed E-state index contributed by atoms with van der Waals surface area (Å²) < 4.78 is 5.19. The molecular weight excluding hydrogens is 1110 g/mol. The number of ether oxygens (including phenoxy) is 1. The number of amides is 2. The van der Waals surface area contributed by atoms with E-state index in [-0.39, 0.29) is 40.6 Å². The second kappa shape index (κ2) is 32.6. The number of benzene rings is 3. The molecular formula is C63H81ClN16O6. The van der Waals surface area contributed by atoms with E-state index in [1.165, 1.54) is 16.0 Å². The van der Waals surface area contributed by atoms with E-state index in [2.05, 4.69) is 126 Å². The van der Waals surface area contributed by atoms with Crippen LogP contribution in [0.3, 0.4) is 0 Å². The van der Waals surface area contributed by atoms with Crippen molar-refractivity contribution in [1.29, 1.82) is 0 Å². The number of aryl methyl sites for hydroxylation is 4. The van der Waals surface area contributed by atoms with Gasteiger partial charge in [0.05, 0.1) is 25.2 Å². The summed E-state index contributed by atoms with van der Waals surface area (Å²) in [7, 11) is 5.81. The molecule has 6 heterocycles. The molecule has 1 aliphatic carbocycles. The van der Waals surface area contributed by atoms with Gasteiger partial charge in [0.2, 0.25) is 35.6 Å². The predicted octanol–water partition coefficient (Wildman–Crippen LogP) is 9.15. The first-order valence-electron chi connectivity index (χ1n) is 29.0. The van der Waals surface area contributed by atoms with Crippen molar-refractivity contribution in [3.63, 3.8) is 0 Å². The summed E-state index contributed by atoms with van der Waals surface area (Å²) in [6.07, 6.45) is 14.6. The van der Waals surface area contributed by atoms with Crippen molar-refractivity contribution < 1.29 is 29.3 Å². The zero-order valence-corrected chi connectivity index (χ0v) is 51.2. The number of anilines is 6. The molecule has 1 spiro atoms. The Bertz CT molecular complexity index is 3200. The number of aromatic hydroxyl groups is 1. The lowest BCUT2D eigenvalue weighted by Crippen LogP contribution is -2.55. The van der Waals surface area contributed by atoms with Gasteiger partial charge in [-0.25, -0.2) is 34.9 Å². The number of piperazine rings is 1. The fourth-order valence-electron chi connectivity index (χ4n) is 10.1. The SMILES string of the molecule is COc1ccc(CN(CCN(C)C)c2ncccn2)cc1.Cc1cccc(Nc2cc(Cl)nc(NCC(=O)O)n2)c1C.Cc1nc(NCCCc2ccccc2)nc(C)c1O.O=C1CC2(CCCC2)CC(=O)N1CN1CCN(c2ncccn2)CC1. The highest BCUT2D eigenvalue weighted by molar-refractivity contribution is 6.29. The number of aliphatic carboxylic acids is 1. The van der Waals surface area contributed by atoms with Crippen LogP contribution in [0.25, 0.3) is 0 Å². The van der Waals surface area contributed by atoms with Gasteiger partial charge >= 0.3 is 5.97 Å². The lowest BCUT2D eigenvalue weighted by Gasteiger charge is -2.41. The Morgan fingerprint density at radius 1 is 0.733 bits per heavy atom. The number of methoxy groups -OCH3 is 1. The number of carboxylic acids is 1. The van der Waals surface area contributed by atoms with E-state index in [1.54, 1.807) is 51.8 Å². The van der Waals surface area contributed by atoms with Crippen molar-refractivity contribution in [3.8, 4) is 11.5 Å². The van der Waals surface area contributed by atoms with Gasteiger partial charge in [0, 0.05) is 102 Å². The van der Waals surface area contributed by atoms with E-state index in [4.69, 9.17) is 21.4 Å². The minimum absolute atomic E-state index is 0.0198. The van der Waals surface area contributed by atoms with Crippen LogP contribution in [0.2, 0.25) is 5.15 Å². The van der Waals surface area contributed by atoms with E-state index in [9.17, 15) is 19.5 Å². The third-order valence-electron chi connectivity index (χ3n) is 15.0. The Kier molecular flexibility index (Phi) is 24.6. The largest absolute Gasteiger partial charge is 0.504 e. The smallest absolute Gasteiger partial charge is 0.322 e. The third-order valence-corrected chi connectivity index (χ3v) is 15.2. The maximum absolute atomic E-state index is 12.6. The molecule has 4 aromatic heterocycles. The van der Waals surface area contributed by atoms with Gasteiger partial charge in [0.1, 0.15) is 23.3 Å². The maximum atomic E-state index is 12.6. The summed E-state index contributed by atoms with van der Waals surface area (Å²) in [6.45, 7) is 14.4. The topological polar surface area (TPSA) is 256 Å². The van der Waals surface area contributed by atoms with E-state index in [1.807, 2.05) is 62.4 Å². The maximum Gasteiger partial charge on any atom is 0.322 e. The number of halogens is 1. The first-order valence-corrected chi connectivity index (χ1v) is 29.4. The lowest BCUT2D eigenvalue weighted by atomic mass is 9.76. The number of aromatic nitrogens is 8. The quantitative estimate of drug-likeness (QED) is 0.0271. The monoisotopic (exact) mass is 1190 g/mol. The average molecular weight is 1190 g/mol. The number of imide groups is 1. The Morgan fingerprint density at radius 2 is 1.36 bits per heavy atom. The predicted molar refractivity (Wildman–Crippen MR) is 336 cm³/mol. The van der Waals surface area contributed by atoms with Gasteiger partial charge in [-0.1, -0.05) is 79.0 Å². The van der Waals surface area contributed by atoms with Crippen molar-refractivity contribution in [2.75, 3.05) is 106 Å². The average Bonchev–Trinajstić information content (AvgIpc) is 2.59. The van der Waals surface area contributed by atoms with Crippen molar-refractivity contribution in [2.24, 2.45) is 5.41 Å². The Morgan fingerprint density at radius 3 is 1.98 bits per heavy atom. The van der Waals surface area contributed by atoms with Crippen LogP contribution in [-0.2, 0) is 27.3 Å². The van der Waals surface area contributed by atoms with Gasteiger partial charge in [0.15, 0.2) is 5.75 Å². The number of hydrogen-bond acceptors (Lipinski definition) is 20. The number of rotatable bonds is 20. The molecule has 86 heavy (non-hydrogen) atoms. The Labute approximate surface area is 509 Å². The summed E-state index contributed by atoms with van der Waals surface area (Å²) in [5, 5.41) is 27.4. The molecule has 2 amide bonds. The Hall–Kier alpha value is -8.60. The summed E-state index contributed by atoms with van der Waals surface area (Å²) in [6, 6.07) is 29.6. The fraction of sp³-hybridized carbons (Fsp3) is 0.413. The number of piperidine rings is 1. The van der Waals surface area contributed by atoms with E-state index in [0.29, 0.717) is 42.7 Å². The molecule has 2 aliphatic heterocycles. The van der Waals surface area contributed by atoms with Gasteiger partial charge in [-0.3, -0.25) is 24.2 Å². The van der Waals surface area contributed by atoms with Gasteiger partial charge in [-0.05, 0) is 125 Å². The zero-order chi connectivity index (χ0) is 61.4.